The van der Waals surface area contributed by atoms with E-state index in [4.69, 9.17) is 0 Å². The Kier molecular flexibility index (Phi) is 3.40. The minimum absolute atomic E-state index is 0.280. The van der Waals surface area contributed by atoms with Crippen molar-refractivity contribution < 1.29 is 5.11 Å². The van der Waals surface area contributed by atoms with Crippen LogP contribution in [0.3, 0.4) is 0 Å². The maximum absolute atomic E-state index is 10.6. The summed E-state index contributed by atoms with van der Waals surface area (Å²) in [5.74, 6) is 1.18. The molecule has 4 unspecified atom stereocenters. The summed E-state index contributed by atoms with van der Waals surface area (Å²) in [5, 5.41) is 14.2. The molecule has 3 rings (SSSR count). The highest BCUT2D eigenvalue weighted by Crippen LogP contribution is 2.38. The highest BCUT2D eigenvalue weighted by atomic mass is 16.3. The van der Waals surface area contributed by atoms with E-state index < -0.39 is 0 Å². The fourth-order valence-electron chi connectivity index (χ4n) is 3.66. The topological polar surface area (TPSA) is 32.3 Å². The van der Waals surface area contributed by atoms with E-state index in [1.54, 1.807) is 0 Å². The van der Waals surface area contributed by atoms with Gasteiger partial charge in [-0.25, -0.2) is 0 Å². The number of aliphatic hydroxyl groups excluding tert-OH is 1. The van der Waals surface area contributed by atoms with Crippen molar-refractivity contribution in [1.82, 2.24) is 5.32 Å². The zero-order chi connectivity index (χ0) is 12.5. The molecule has 18 heavy (non-hydrogen) atoms. The van der Waals surface area contributed by atoms with Crippen molar-refractivity contribution >= 4 is 0 Å². The first-order chi connectivity index (χ1) is 8.75. The first-order valence-electron chi connectivity index (χ1n) is 7.25. The van der Waals surface area contributed by atoms with Crippen LogP contribution in [0.2, 0.25) is 0 Å². The molecule has 4 atom stereocenters. The van der Waals surface area contributed by atoms with Gasteiger partial charge in [-0.1, -0.05) is 31.2 Å². The zero-order valence-corrected chi connectivity index (χ0v) is 11.1. The molecule has 1 saturated heterocycles. The molecule has 2 N–H and O–H groups in total. The maximum atomic E-state index is 10.6. The van der Waals surface area contributed by atoms with E-state index in [-0.39, 0.29) is 6.10 Å². The smallest absolute Gasteiger partial charge is 0.0835 e. The van der Waals surface area contributed by atoms with Gasteiger partial charge in [0.25, 0.3) is 0 Å². The number of aliphatic hydroxyl groups is 1. The third kappa shape index (κ3) is 2.19. The molecule has 1 aliphatic heterocycles. The van der Waals surface area contributed by atoms with Crippen molar-refractivity contribution in [2.45, 2.75) is 44.8 Å². The summed E-state index contributed by atoms with van der Waals surface area (Å²) in [5.41, 5.74) is 2.50. The van der Waals surface area contributed by atoms with Gasteiger partial charge in [-0.05, 0) is 49.3 Å². The number of rotatable bonds is 1. The van der Waals surface area contributed by atoms with Crippen LogP contribution in [0, 0.1) is 11.8 Å². The van der Waals surface area contributed by atoms with Crippen LogP contribution < -0.4 is 5.32 Å². The van der Waals surface area contributed by atoms with Gasteiger partial charge in [0.15, 0.2) is 0 Å². The van der Waals surface area contributed by atoms with Crippen molar-refractivity contribution in [2.24, 2.45) is 11.8 Å². The molecular formula is C16H23NO. The van der Waals surface area contributed by atoms with E-state index in [9.17, 15) is 5.11 Å². The Labute approximate surface area is 109 Å². The van der Waals surface area contributed by atoms with E-state index in [0.717, 1.165) is 30.9 Å². The lowest BCUT2D eigenvalue weighted by Crippen LogP contribution is -2.45. The molecular weight excluding hydrogens is 222 g/mol. The molecule has 0 bridgehead atoms. The second kappa shape index (κ2) is 5.02. The quantitative estimate of drug-likeness (QED) is 0.797. The third-order valence-electron chi connectivity index (χ3n) is 4.74. The number of aryl methyl sites for hydroxylation is 1. The molecule has 2 nitrogen and oxygen atoms in total. The molecule has 0 radical (unpaired) electrons. The number of hydrogen-bond acceptors (Lipinski definition) is 2. The van der Waals surface area contributed by atoms with Gasteiger partial charge in [0, 0.05) is 12.0 Å². The van der Waals surface area contributed by atoms with Crippen LogP contribution in [-0.4, -0.2) is 17.7 Å². The van der Waals surface area contributed by atoms with Crippen molar-refractivity contribution in [3.8, 4) is 0 Å². The predicted octanol–water partition coefficient (Wildman–Crippen LogP) is 2.67. The van der Waals surface area contributed by atoms with E-state index >= 15 is 0 Å². The normalized spacial score (nSPS) is 36.1. The summed E-state index contributed by atoms with van der Waals surface area (Å²) in [6, 6.07) is 8.87. The SMILES string of the molecule is CC1CCNC(C2CCc3ccccc3C2O)C1. The van der Waals surface area contributed by atoms with Crippen LogP contribution >= 0.6 is 0 Å². The molecule has 1 aromatic rings. The first kappa shape index (κ1) is 12.2. The summed E-state index contributed by atoms with van der Waals surface area (Å²) < 4.78 is 0. The van der Waals surface area contributed by atoms with Gasteiger partial charge in [-0.15, -0.1) is 0 Å². The zero-order valence-electron chi connectivity index (χ0n) is 11.1. The number of nitrogens with one attached hydrogen (secondary N) is 1. The molecule has 0 saturated carbocycles. The lowest BCUT2D eigenvalue weighted by atomic mass is 9.74. The largest absolute Gasteiger partial charge is 0.388 e. The Hall–Kier alpha value is -0.860. The molecule has 2 aliphatic rings. The van der Waals surface area contributed by atoms with Crippen molar-refractivity contribution in [1.29, 1.82) is 0 Å². The van der Waals surface area contributed by atoms with Crippen LogP contribution in [0.4, 0.5) is 0 Å². The van der Waals surface area contributed by atoms with Crippen molar-refractivity contribution in [2.75, 3.05) is 6.54 Å². The van der Waals surface area contributed by atoms with Crippen LogP contribution in [0.5, 0.6) is 0 Å². The monoisotopic (exact) mass is 245 g/mol. The summed E-state index contributed by atoms with van der Waals surface area (Å²) >= 11 is 0. The van der Waals surface area contributed by atoms with Gasteiger partial charge < -0.3 is 10.4 Å². The number of benzene rings is 1. The Morgan fingerprint density at radius 3 is 2.89 bits per heavy atom. The Balaban J connectivity index is 1.79. The van der Waals surface area contributed by atoms with Crippen LogP contribution in [0.15, 0.2) is 24.3 Å². The summed E-state index contributed by atoms with van der Waals surface area (Å²) in [7, 11) is 0. The second-order valence-electron chi connectivity index (χ2n) is 6.04. The van der Waals surface area contributed by atoms with E-state index in [1.165, 1.54) is 18.4 Å². The number of piperidine rings is 1. The minimum Gasteiger partial charge on any atom is -0.388 e. The van der Waals surface area contributed by atoms with Crippen LogP contribution in [-0.2, 0) is 6.42 Å². The van der Waals surface area contributed by atoms with E-state index in [0.29, 0.717) is 12.0 Å². The molecule has 2 heteroatoms. The van der Waals surface area contributed by atoms with Gasteiger partial charge in [0.05, 0.1) is 6.10 Å². The minimum atomic E-state index is -0.280. The predicted molar refractivity (Wildman–Crippen MR) is 73.4 cm³/mol. The van der Waals surface area contributed by atoms with Gasteiger partial charge in [0.2, 0.25) is 0 Å². The maximum Gasteiger partial charge on any atom is 0.0835 e. The molecule has 1 aliphatic carbocycles. The molecule has 0 amide bonds. The van der Waals surface area contributed by atoms with Crippen LogP contribution in [0.25, 0.3) is 0 Å². The molecule has 1 fully saturated rings. The Morgan fingerprint density at radius 2 is 2.06 bits per heavy atom. The highest BCUT2D eigenvalue weighted by Gasteiger charge is 2.35. The third-order valence-corrected chi connectivity index (χ3v) is 4.74. The average molecular weight is 245 g/mol. The van der Waals surface area contributed by atoms with Crippen LogP contribution in [0.1, 0.15) is 43.4 Å². The number of fused-ring (bicyclic) bond motifs is 1. The molecule has 98 valence electrons. The standard InChI is InChI=1S/C16H23NO/c1-11-8-9-17-15(10-11)14-7-6-12-4-2-3-5-13(12)16(14)18/h2-5,11,14-18H,6-10H2,1H3. The number of hydrogen-bond donors (Lipinski definition) is 2. The lowest BCUT2D eigenvalue weighted by Gasteiger charge is -2.39. The van der Waals surface area contributed by atoms with E-state index in [1.807, 2.05) is 6.07 Å². The Morgan fingerprint density at radius 1 is 1.22 bits per heavy atom. The molecule has 0 aromatic heterocycles. The first-order valence-corrected chi connectivity index (χ1v) is 7.25. The summed E-state index contributed by atoms with van der Waals surface area (Å²) in [6.07, 6.45) is 4.44. The van der Waals surface area contributed by atoms with Gasteiger partial charge in [-0.3, -0.25) is 0 Å². The second-order valence-corrected chi connectivity index (χ2v) is 6.04. The fraction of sp³-hybridized carbons (Fsp3) is 0.625. The molecule has 0 spiro atoms. The molecule has 1 heterocycles. The fourth-order valence-corrected chi connectivity index (χ4v) is 3.66. The summed E-state index contributed by atoms with van der Waals surface area (Å²) in [6.45, 7) is 3.44. The summed E-state index contributed by atoms with van der Waals surface area (Å²) in [4.78, 5) is 0. The van der Waals surface area contributed by atoms with Gasteiger partial charge in [0.1, 0.15) is 0 Å². The van der Waals surface area contributed by atoms with Crippen molar-refractivity contribution in [3.05, 3.63) is 35.4 Å². The van der Waals surface area contributed by atoms with E-state index in [2.05, 4.69) is 30.4 Å². The molecule has 1 aromatic carbocycles. The van der Waals surface area contributed by atoms with Gasteiger partial charge >= 0.3 is 0 Å². The highest BCUT2D eigenvalue weighted by molar-refractivity contribution is 5.32. The van der Waals surface area contributed by atoms with Crippen molar-refractivity contribution in [3.63, 3.8) is 0 Å². The Bertz CT molecular complexity index is 417. The lowest BCUT2D eigenvalue weighted by molar-refractivity contribution is 0.0564. The average Bonchev–Trinajstić information content (AvgIpc) is 2.39. The van der Waals surface area contributed by atoms with Gasteiger partial charge in [-0.2, -0.15) is 0 Å².